The third-order valence-electron chi connectivity index (χ3n) is 2.93. The van der Waals surface area contributed by atoms with E-state index in [0.717, 1.165) is 5.56 Å². The molecule has 106 valence electrons. The van der Waals surface area contributed by atoms with E-state index >= 15 is 0 Å². The molecule has 0 saturated carbocycles. The Hall–Kier alpha value is -2.08. The molecule has 0 fully saturated rings. The summed E-state index contributed by atoms with van der Waals surface area (Å²) in [6.45, 7) is 5.76. The molecule has 0 atom stereocenters. The van der Waals surface area contributed by atoms with E-state index in [4.69, 9.17) is 0 Å². The van der Waals surface area contributed by atoms with E-state index in [0.29, 0.717) is 17.1 Å². The van der Waals surface area contributed by atoms with Gasteiger partial charge in [-0.15, -0.1) is 0 Å². The van der Waals surface area contributed by atoms with Crippen molar-refractivity contribution in [3.05, 3.63) is 48.8 Å². The maximum atomic E-state index is 12.0. The fourth-order valence-electron chi connectivity index (χ4n) is 1.81. The van der Waals surface area contributed by atoms with E-state index in [1.54, 1.807) is 42.2 Å². The minimum Gasteiger partial charge on any atom is -0.380 e. The number of rotatable bonds is 6. The lowest BCUT2D eigenvalue weighted by Crippen LogP contribution is -2.08. The lowest BCUT2D eigenvalue weighted by molar-refractivity contribution is 0.597. The topological polar surface area (TPSA) is 64.0 Å². The monoisotopic (exact) mass is 291 g/mol. The smallest absolute Gasteiger partial charge is 0.180 e. The van der Waals surface area contributed by atoms with Gasteiger partial charge in [-0.25, -0.2) is 13.1 Å². The number of hydrogen-bond acceptors (Lipinski definition) is 4. The van der Waals surface area contributed by atoms with Crippen LogP contribution in [0, 0.1) is 0 Å². The van der Waals surface area contributed by atoms with Crippen LogP contribution in [0.3, 0.4) is 0 Å². The first-order chi connectivity index (χ1) is 9.56. The Balaban J connectivity index is 2.20. The zero-order valence-corrected chi connectivity index (χ0v) is 12.1. The van der Waals surface area contributed by atoms with E-state index in [9.17, 15) is 8.42 Å². The van der Waals surface area contributed by atoms with Gasteiger partial charge in [-0.2, -0.15) is 5.10 Å². The van der Waals surface area contributed by atoms with Crippen LogP contribution in [-0.4, -0.2) is 24.0 Å². The van der Waals surface area contributed by atoms with Gasteiger partial charge < -0.3 is 5.32 Å². The Kier molecular flexibility index (Phi) is 4.24. The fraction of sp³-hybridized carbons (Fsp3) is 0.214. The Bertz CT molecular complexity index is 705. The normalized spacial score (nSPS) is 11.2. The number of hydrogen-bond donors (Lipinski definition) is 1. The second kappa shape index (κ2) is 5.92. The summed E-state index contributed by atoms with van der Waals surface area (Å²) >= 11 is 0. The van der Waals surface area contributed by atoms with E-state index < -0.39 is 9.84 Å². The highest BCUT2D eigenvalue weighted by molar-refractivity contribution is 7.91. The van der Waals surface area contributed by atoms with Crippen molar-refractivity contribution in [1.29, 1.82) is 0 Å². The first-order valence-electron chi connectivity index (χ1n) is 6.28. The number of para-hydroxylation sites is 1. The first kappa shape index (κ1) is 14.3. The molecule has 2 rings (SSSR count). The van der Waals surface area contributed by atoms with Crippen molar-refractivity contribution in [2.75, 3.05) is 11.1 Å². The van der Waals surface area contributed by atoms with Crippen LogP contribution in [0.25, 0.3) is 6.20 Å². The lowest BCUT2D eigenvalue weighted by atomic mass is 10.3. The number of nitrogens with zero attached hydrogens (tertiary/aromatic N) is 2. The molecule has 1 aromatic carbocycles. The van der Waals surface area contributed by atoms with Crippen LogP contribution in [0.4, 0.5) is 5.69 Å². The van der Waals surface area contributed by atoms with Crippen molar-refractivity contribution in [3.8, 4) is 0 Å². The molecule has 1 heterocycles. The van der Waals surface area contributed by atoms with Crippen LogP contribution < -0.4 is 5.32 Å². The predicted molar refractivity (Wildman–Crippen MR) is 80.1 cm³/mol. The molecule has 5 nitrogen and oxygen atoms in total. The van der Waals surface area contributed by atoms with Crippen LogP contribution in [-0.2, 0) is 16.4 Å². The van der Waals surface area contributed by atoms with E-state index in [1.807, 2.05) is 12.3 Å². The van der Waals surface area contributed by atoms with Crippen molar-refractivity contribution >= 4 is 21.7 Å². The minimum atomic E-state index is -3.23. The predicted octanol–water partition coefficient (Wildman–Crippen LogP) is 2.39. The summed E-state index contributed by atoms with van der Waals surface area (Å²) in [5, 5.41) is 7.22. The van der Waals surface area contributed by atoms with Crippen molar-refractivity contribution in [2.24, 2.45) is 0 Å². The molecular weight excluding hydrogens is 274 g/mol. The SMILES string of the molecule is C=Cn1cc(CNc2ccccc2S(=O)(=O)CC)cn1. The first-order valence-corrected chi connectivity index (χ1v) is 7.93. The Morgan fingerprint density at radius 1 is 1.40 bits per heavy atom. The molecule has 0 bridgehead atoms. The fourth-order valence-corrected chi connectivity index (χ4v) is 2.88. The number of sulfone groups is 1. The molecule has 0 saturated heterocycles. The third kappa shape index (κ3) is 3.08. The molecule has 0 radical (unpaired) electrons. The summed E-state index contributed by atoms with van der Waals surface area (Å²) in [6, 6.07) is 6.92. The number of benzene rings is 1. The van der Waals surface area contributed by atoms with Crippen LogP contribution >= 0.6 is 0 Å². The average Bonchev–Trinajstić information content (AvgIpc) is 2.93. The van der Waals surface area contributed by atoms with Gasteiger partial charge in [0, 0.05) is 24.5 Å². The molecule has 2 aromatic rings. The highest BCUT2D eigenvalue weighted by Crippen LogP contribution is 2.22. The third-order valence-corrected chi connectivity index (χ3v) is 4.71. The van der Waals surface area contributed by atoms with E-state index in [2.05, 4.69) is 17.0 Å². The summed E-state index contributed by atoms with van der Waals surface area (Å²) < 4.78 is 25.6. The van der Waals surface area contributed by atoms with Gasteiger partial charge in [-0.3, -0.25) is 0 Å². The van der Waals surface area contributed by atoms with Crippen molar-refractivity contribution in [3.63, 3.8) is 0 Å². The summed E-state index contributed by atoms with van der Waals surface area (Å²) in [4.78, 5) is 0.332. The standard InChI is InChI=1S/C14H17N3O2S/c1-3-17-11-12(10-16-17)9-15-13-7-5-6-8-14(13)20(18,19)4-2/h3,5-8,10-11,15H,1,4,9H2,2H3. The molecule has 0 aliphatic rings. The summed E-state index contributed by atoms with van der Waals surface area (Å²) in [5.41, 5.74) is 1.56. The molecule has 0 amide bonds. The van der Waals surface area contributed by atoms with Gasteiger partial charge in [0.05, 0.1) is 22.5 Å². The highest BCUT2D eigenvalue weighted by atomic mass is 32.2. The molecular formula is C14H17N3O2S. The van der Waals surface area contributed by atoms with Crippen LogP contribution in [0.1, 0.15) is 12.5 Å². The van der Waals surface area contributed by atoms with Gasteiger partial charge in [-0.1, -0.05) is 25.6 Å². The maximum absolute atomic E-state index is 12.0. The van der Waals surface area contributed by atoms with Gasteiger partial charge in [0.15, 0.2) is 9.84 Å². The summed E-state index contributed by atoms with van der Waals surface area (Å²) in [7, 11) is -3.23. The van der Waals surface area contributed by atoms with Gasteiger partial charge in [-0.05, 0) is 12.1 Å². The molecule has 0 aliphatic heterocycles. The highest BCUT2D eigenvalue weighted by Gasteiger charge is 2.15. The quantitative estimate of drug-likeness (QED) is 0.887. The molecule has 0 spiro atoms. The van der Waals surface area contributed by atoms with Gasteiger partial charge in [0.25, 0.3) is 0 Å². The summed E-state index contributed by atoms with van der Waals surface area (Å²) in [5.74, 6) is 0.0834. The molecule has 6 heteroatoms. The summed E-state index contributed by atoms with van der Waals surface area (Å²) in [6.07, 6.45) is 5.14. The number of nitrogens with one attached hydrogen (secondary N) is 1. The number of anilines is 1. The second-order valence-electron chi connectivity index (χ2n) is 4.26. The minimum absolute atomic E-state index is 0.0834. The van der Waals surface area contributed by atoms with Crippen molar-refractivity contribution in [2.45, 2.75) is 18.4 Å². The zero-order valence-electron chi connectivity index (χ0n) is 11.3. The van der Waals surface area contributed by atoms with Gasteiger partial charge in [0.2, 0.25) is 0 Å². The van der Waals surface area contributed by atoms with Gasteiger partial charge >= 0.3 is 0 Å². The Morgan fingerprint density at radius 3 is 2.80 bits per heavy atom. The maximum Gasteiger partial charge on any atom is 0.180 e. The molecule has 1 aromatic heterocycles. The Labute approximate surface area is 118 Å². The second-order valence-corrected chi connectivity index (χ2v) is 6.51. The van der Waals surface area contributed by atoms with Crippen LogP contribution in [0.5, 0.6) is 0 Å². The Morgan fingerprint density at radius 2 is 2.15 bits per heavy atom. The van der Waals surface area contributed by atoms with E-state index in [1.165, 1.54) is 0 Å². The van der Waals surface area contributed by atoms with Crippen molar-refractivity contribution in [1.82, 2.24) is 9.78 Å². The average molecular weight is 291 g/mol. The molecule has 20 heavy (non-hydrogen) atoms. The van der Waals surface area contributed by atoms with Crippen LogP contribution in [0.2, 0.25) is 0 Å². The lowest BCUT2D eigenvalue weighted by Gasteiger charge is -2.10. The molecule has 0 unspecified atom stereocenters. The molecule has 1 N–H and O–H groups in total. The van der Waals surface area contributed by atoms with Crippen molar-refractivity contribution < 1.29 is 8.42 Å². The van der Waals surface area contributed by atoms with E-state index in [-0.39, 0.29) is 5.75 Å². The van der Waals surface area contributed by atoms with Crippen LogP contribution in [0.15, 0.2) is 48.1 Å². The largest absolute Gasteiger partial charge is 0.380 e. The van der Waals surface area contributed by atoms with Gasteiger partial charge in [0.1, 0.15) is 0 Å². The molecule has 0 aliphatic carbocycles. The number of aromatic nitrogens is 2. The zero-order chi connectivity index (χ0) is 14.6.